The van der Waals surface area contributed by atoms with E-state index < -0.39 is 0 Å². The highest BCUT2D eigenvalue weighted by molar-refractivity contribution is 5.70. The summed E-state index contributed by atoms with van der Waals surface area (Å²) < 4.78 is 7.09. The van der Waals surface area contributed by atoms with Crippen LogP contribution >= 0.6 is 0 Å². The van der Waals surface area contributed by atoms with Gasteiger partial charge in [-0.25, -0.2) is 4.98 Å². The molecule has 0 unspecified atom stereocenters. The van der Waals surface area contributed by atoms with Gasteiger partial charge in [0, 0.05) is 19.7 Å². The molecule has 1 aromatic heterocycles. The summed E-state index contributed by atoms with van der Waals surface area (Å²) in [4.78, 5) is 4.51. The minimum Gasteiger partial charge on any atom is -0.497 e. The van der Waals surface area contributed by atoms with Crippen molar-refractivity contribution in [3.63, 3.8) is 0 Å². The molecule has 2 aromatic rings. The van der Waals surface area contributed by atoms with Gasteiger partial charge in [0.25, 0.3) is 0 Å². The van der Waals surface area contributed by atoms with Gasteiger partial charge in [0.1, 0.15) is 11.4 Å². The molecule has 0 amide bonds. The number of nitrogens with one attached hydrogen (secondary N) is 2. The quantitative estimate of drug-likeness (QED) is 0.828. The molecule has 0 radical (unpaired) electrons. The molecule has 0 fully saturated rings. The third-order valence-electron chi connectivity index (χ3n) is 3.41. The van der Waals surface area contributed by atoms with Crippen LogP contribution in [-0.4, -0.2) is 30.3 Å². The Kier molecular flexibility index (Phi) is 5.54. The predicted octanol–water partition coefficient (Wildman–Crippen LogP) is 2.06. The van der Waals surface area contributed by atoms with Crippen LogP contribution in [0.3, 0.4) is 0 Å². The zero-order valence-corrected chi connectivity index (χ0v) is 14.1. The topological polar surface area (TPSA) is 51.1 Å². The van der Waals surface area contributed by atoms with E-state index in [-0.39, 0.29) is 0 Å². The largest absolute Gasteiger partial charge is 0.497 e. The highest BCUT2D eigenvalue weighted by Gasteiger charge is 2.15. The van der Waals surface area contributed by atoms with E-state index in [1.807, 2.05) is 35.9 Å². The summed E-state index contributed by atoms with van der Waals surface area (Å²) in [5.74, 6) is 10.8. The van der Waals surface area contributed by atoms with Gasteiger partial charge in [0.05, 0.1) is 19.4 Å². The van der Waals surface area contributed by atoms with Crippen molar-refractivity contribution >= 4 is 11.5 Å². The fourth-order valence-corrected chi connectivity index (χ4v) is 2.20. The van der Waals surface area contributed by atoms with Crippen molar-refractivity contribution in [3.05, 3.63) is 47.9 Å². The molecule has 0 aliphatic carbocycles. The van der Waals surface area contributed by atoms with Gasteiger partial charge >= 0.3 is 0 Å². The summed E-state index contributed by atoms with van der Waals surface area (Å²) >= 11 is 0. The van der Waals surface area contributed by atoms with Gasteiger partial charge < -0.3 is 19.9 Å². The molecule has 122 valence electrons. The number of methoxy groups -OCH3 is 1. The molecule has 0 aliphatic rings. The summed E-state index contributed by atoms with van der Waals surface area (Å²) in [5, 5.41) is 6.13. The Labute approximate surface area is 142 Å². The summed E-state index contributed by atoms with van der Waals surface area (Å²) in [6.07, 6.45) is 5.28. The second-order valence-corrected chi connectivity index (χ2v) is 4.96. The molecule has 0 saturated carbocycles. The first-order valence-corrected chi connectivity index (χ1v) is 7.37. The van der Waals surface area contributed by atoms with Crippen LogP contribution < -0.4 is 15.4 Å². The number of hydrogen-bond donors (Lipinski definition) is 2. The van der Waals surface area contributed by atoms with E-state index in [0.717, 1.165) is 17.0 Å². The zero-order valence-electron chi connectivity index (χ0n) is 14.1. The number of hydrogen-bond acceptors (Lipinski definition) is 4. The molecule has 24 heavy (non-hydrogen) atoms. The summed E-state index contributed by atoms with van der Waals surface area (Å²) in [6, 6.07) is 7.58. The molecule has 1 heterocycles. The first-order valence-electron chi connectivity index (χ1n) is 7.37. The smallest absolute Gasteiger partial charge is 0.188 e. The van der Waals surface area contributed by atoms with Crippen LogP contribution in [0.4, 0.5) is 5.82 Å². The standard InChI is InChI=1S/C19H20N4O/c1-6-12-21-14(2)18-19(20-3)22-17(23(18)4)11-10-15-8-7-9-16(13-15)24-5/h1,7-9,13,20-21H,2,12H2,3-5H3. The van der Waals surface area contributed by atoms with Crippen molar-refractivity contribution in [3.8, 4) is 29.9 Å². The Balaban J connectivity index is 2.36. The van der Waals surface area contributed by atoms with E-state index >= 15 is 0 Å². The van der Waals surface area contributed by atoms with E-state index in [1.54, 1.807) is 14.2 Å². The number of rotatable bonds is 5. The molecule has 0 bridgehead atoms. The van der Waals surface area contributed by atoms with Gasteiger partial charge in [-0.05, 0) is 24.1 Å². The van der Waals surface area contributed by atoms with E-state index in [0.29, 0.717) is 23.9 Å². The number of ether oxygens (including phenoxy) is 1. The number of terminal acetylenes is 1. The zero-order chi connectivity index (χ0) is 17.5. The van der Waals surface area contributed by atoms with Gasteiger partial charge in [-0.2, -0.15) is 0 Å². The Morgan fingerprint density at radius 2 is 2.21 bits per heavy atom. The van der Waals surface area contributed by atoms with Crippen molar-refractivity contribution in [1.82, 2.24) is 14.9 Å². The molecule has 0 atom stereocenters. The van der Waals surface area contributed by atoms with E-state index in [4.69, 9.17) is 11.2 Å². The second-order valence-electron chi connectivity index (χ2n) is 4.96. The minimum atomic E-state index is 0.401. The van der Waals surface area contributed by atoms with E-state index in [9.17, 15) is 0 Å². The number of benzene rings is 1. The minimum absolute atomic E-state index is 0.401. The maximum absolute atomic E-state index is 5.28. The highest BCUT2D eigenvalue weighted by Crippen LogP contribution is 2.21. The Bertz CT molecular complexity index is 846. The second kappa shape index (κ2) is 7.80. The number of anilines is 1. The molecule has 5 heteroatoms. The van der Waals surface area contributed by atoms with Crippen LogP contribution in [0.25, 0.3) is 5.70 Å². The van der Waals surface area contributed by atoms with Crippen LogP contribution in [0, 0.1) is 24.2 Å². The van der Waals surface area contributed by atoms with Crippen molar-refractivity contribution < 1.29 is 4.74 Å². The van der Waals surface area contributed by atoms with Crippen LogP contribution in [0.1, 0.15) is 17.1 Å². The summed E-state index contributed by atoms with van der Waals surface area (Å²) in [5.41, 5.74) is 2.37. The lowest BCUT2D eigenvalue weighted by Crippen LogP contribution is -2.15. The molecule has 0 spiro atoms. The average Bonchev–Trinajstić information content (AvgIpc) is 2.93. The Morgan fingerprint density at radius 3 is 2.88 bits per heavy atom. The van der Waals surface area contributed by atoms with Gasteiger partial charge in [-0.15, -0.1) is 6.42 Å². The van der Waals surface area contributed by atoms with Crippen molar-refractivity contribution in [2.45, 2.75) is 0 Å². The number of nitrogens with zero attached hydrogens (tertiary/aromatic N) is 2. The summed E-state index contributed by atoms with van der Waals surface area (Å²) in [7, 11) is 5.33. The molecule has 1 aromatic carbocycles. The first-order chi connectivity index (χ1) is 11.6. The normalized spacial score (nSPS) is 9.42. The van der Waals surface area contributed by atoms with Crippen LogP contribution in [0.15, 0.2) is 30.8 Å². The molecule has 2 N–H and O–H groups in total. The van der Waals surface area contributed by atoms with Gasteiger partial charge in [-0.3, -0.25) is 0 Å². The highest BCUT2D eigenvalue weighted by atomic mass is 16.5. The van der Waals surface area contributed by atoms with Crippen LogP contribution in [0.2, 0.25) is 0 Å². The van der Waals surface area contributed by atoms with Crippen molar-refractivity contribution in [2.75, 3.05) is 26.0 Å². The van der Waals surface area contributed by atoms with Gasteiger partial charge in [-0.1, -0.05) is 24.5 Å². The lowest BCUT2D eigenvalue weighted by atomic mass is 10.2. The number of aromatic nitrogens is 2. The average molecular weight is 320 g/mol. The Hall–Kier alpha value is -3.31. The lowest BCUT2D eigenvalue weighted by molar-refractivity contribution is 0.414. The molecule has 5 nitrogen and oxygen atoms in total. The number of imidazole rings is 1. The maximum Gasteiger partial charge on any atom is 0.188 e. The third kappa shape index (κ3) is 3.71. The fourth-order valence-electron chi connectivity index (χ4n) is 2.20. The van der Waals surface area contributed by atoms with E-state index in [2.05, 4.69) is 40.0 Å². The fraction of sp³-hybridized carbons (Fsp3) is 0.211. The first kappa shape index (κ1) is 17.1. The van der Waals surface area contributed by atoms with Crippen LogP contribution in [-0.2, 0) is 7.05 Å². The van der Waals surface area contributed by atoms with Crippen molar-refractivity contribution in [1.29, 1.82) is 0 Å². The monoisotopic (exact) mass is 320 g/mol. The SMILES string of the molecule is C#CCNC(=C)c1c(NC)nc(C#Cc2cccc(OC)c2)n1C. The molecular weight excluding hydrogens is 300 g/mol. The van der Waals surface area contributed by atoms with Gasteiger partial charge in [0.15, 0.2) is 11.6 Å². The van der Waals surface area contributed by atoms with Crippen LogP contribution in [0.5, 0.6) is 5.75 Å². The molecular formula is C19H20N4O. The maximum atomic E-state index is 5.28. The van der Waals surface area contributed by atoms with E-state index in [1.165, 1.54) is 0 Å². The Morgan fingerprint density at radius 1 is 1.42 bits per heavy atom. The van der Waals surface area contributed by atoms with Gasteiger partial charge in [0.2, 0.25) is 0 Å². The van der Waals surface area contributed by atoms with Crippen molar-refractivity contribution in [2.24, 2.45) is 7.05 Å². The molecule has 0 saturated heterocycles. The summed E-state index contributed by atoms with van der Waals surface area (Å²) in [6.45, 7) is 4.41. The molecule has 2 rings (SSSR count). The lowest BCUT2D eigenvalue weighted by Gasteiger charge is -2.09. The third-order valence-corrected chi connectivity index (χ3v) is 3.41. The molecule has 0 aliphatic heterocycles. The predicted molar refractivity (Wildman–Crippen MR) is 97.6 cm³/mol.